The molecule has 1 aromatic rings. The van der Waals surface area contributed by atoms with Crippen molar-refractivity contribution in [2.75, 3.05) is 13.2 Å². The lowest BCUT2D eigenvalue weighted by molar-refractivity contribution is -0.150. The lowest BCUT2D eigenvalue weighted by Crippen LogP contribution is -2.40. The lowest BCUT2D eigenvalue weighted by Gasteiger charge is -2.22. The Balaban J connectivity index is 2.09. The van der Waals surface area contributed by atoms with Crippen LogP contribution in [0.2, 0.25) is 0 Å². The van der Waals surface area contributed by atoms with Gasteiger partial charge in [-0.2, -0.15) is 0 Å². The van der Waals surface area contributed by atoms with Gasteiger partial charge in [-0.25, -0.2) is 0 Å². The van der Waals surface area contributed by atoms with Crippen molar-refractivity contribution in [3.05, 3.63) is 48.0 Å². The van der Waals surface area contributed by atoms with Crippen LogP contribution in [0.25, 0.3) is 0 Å². The highest BCUT2D eigenvalue weighted by atomic mass is 16.5. The van der Waals surface area contributed by atoms with Gasteiger partial charge in [-0.05, 0) is 25.3 Å². The average Bonchev–Trinajstić information content (AvgIpc) is 2.69. The lowest BCUT2D eigenvalue weighted by atomic mass is 9.98. The fourth-order valence-corrected chi connectivity index (χ4v) is 2.92. The molecule has 0 aromatic heterocycles. The van der Waals surface area contributed by atoms with Gasteiger partial charge in [0, 0.05) is 18.9 Å². The second-order valence-corrected chi connectivity index (χ2v) is 6.93. The van der Waals surface area contributed by atoms with Crippen molar-refractivity contribution < 1.29 is 24.2 Å². The predicted octanol–water partition coefficient (Wildman–Crippen LogP) is 1.63. The molecule has 1 aliphatic rings. The van der Waals surface area contributed by atoms with Crippen LogP contribution in [0.4, 0.5) is 0 Å². The summed E-state index contributed by atoms with van der Waals surface area (Å²) in [5.41, 5.74) is 0.801. The van der Waals surface area contributed by atoms with Crippen molar-refractivity contribution >= 4 is 17.8 Å². The van der Waals surface area contributed by atoms with Crippen LogP contribution in [-0.4, -0.2) is 42.1 Å². The summed E-state index contributed by atoms with van der Waals surface area (Å²) in [6.07, 6.45) is 4.26. The van der Waals surface area contributed by atoms with Crippen LogP contribution in [0.3, 0.4) is 0 Å². The highest BCUT2D eigenvalue weighted by Gasteiger charge is 2.24. The average molecular weight is 388 g/mol. The number of allylic oxidation sites excluding steroid dienone is 2. The van der Waals surface area contributed by atoms with Crippen molar-refractivity contribution in [1.82, 2.24) is 10.6 Å². The van der Waals surface area contributed by atoms with Gasteiger partial charge < -0.3 is 20.5 Å². The zero-order valence-electron chi connectivity index (χ0n) is 16.1. The molecule has 28 heavy (non-hydrogen) atoms. The van der Waals surface area contributed by atoms with Crippen LogP contribution in [0.15, 0.2) is 42.5 Å². The molecule has 0 fully saturated rings. The Kier molecular flexibility index (Phi) is 8.68. The predicted molar refractivity (Wildman–Crippen MR) is 104 cm³/mol. The van der Waals surface area contributed by atoms with Crippen molar-refractivity contribution in [2.45, 2.75) is 44.8 Å². The Morgan fingerprint density at radius 3 is 2.75 bits per heavy atom. The van der Waals surface area contributed by atoms with Gasteiger partial charge in [0.05, 0.1) is 19.1 Å². The van der Waals surface area contributed by atoms with E-state index in [1.807, 2.05) is 42.5 Å². The summed E-state index contributed by atoms with van der Waals surface area (Å²) in [7, 11) is 0. The van der Waals surface area contributed by atoms with E-state index in [0.29, 0.717) is 12.8 Å². The Morgan fingerprint density at radius 1 is 1.29 bits per heavy atom. The number of amides is 2. The second-order valence-electron chi connectivity index (χ2n) is 6.93. The van der Waals surface area contributed by atoms with Crippen LogP contribution in [0, 0.1) is 5.92 Å². The van der Waals surface area contributed by atoms with E-state index in [9.17, 15) is 14.4 Å². The Morgan fingerprint density at radius 2 is 2.04 bits per heavy atom. The topological polar surface area (TPSA) is 105 Å². The molecule has 1 aromatic carbocycles. The molecule has 0 aliphatic carbocycles. The number of esters is 1. The van der Waals surface area contributed by atoms with E-state index >= 15 is 0 Å². The van der Waals surface area contributed by atoms with Crippen LogP contribution < -0.4 is 10.6 Å². The Bertz CT molecular complexity index is 689. The van der Waals surface area contributed by atoms with Gasteiger partial charge in [-0.3, -0.25) is 14.4 Å². The van der Waals surface area contributed by atoms with Gasteiger partial charge in [0.25, 0.3) is 0 Å². The Labute approximate surface area is 165 Å². The van der Waals surface area contributed by atoms with E-state index in [1.54, 1.807) is 6.92 Å². The molecule has 0 bridgehead atoms. The van der Waals surface area contributed by atoms with E-state index in [1.165, 1.54) is 0 Å². The molecule has 0 saturated heterocycles. The Hall–Kier alpha value is -2.67. The first kappa shape index (κ1) is 21.6. The first-order chi connectivity index (χ1) is 13.5. The summed E-state index contributed by atoms with van der Waals surface area (Å²) >= 11 is 0. The number of rotatable bonds is 5. The van der Waals surface area contributed by atoms with E-state index in [-0.39, 0.29) is 49.8 Å². The normalized spacial score (nSPS) is 22.2. The molecule has 0 unspecified atom stereocenters. The second kappa shape index (κ2) is 11.2. The number of nitrogens with one attached hydrogen (secondary N) is 2. The number of aliphatic hydroxyl groups excluding tert-OH is 1. The molecule has 2 amide bonds. The third-order valence-electron chi connectivity index (χ3n) is 4.49. The molecular formula is C21H28N2O5. The number of hydrogen-bond acceptors (Lipinski definition) is 5. The molecule has 1 aliphatic heterocycles. The summed E-state index contributed by atoms with van der Waals surface area (Å²) < 4.78 is 5.55. The molecule has 3 N–H and O–H groups in total. The maximum absolute atomic E-state index is 12.7. The summed E-state index contributed by atoms with van der Waals surface area (Å²) in [5, 5.41) is 14.5. The van der Waals surface area contributed by atoms with Gasteiger partial charge in [-0.1, -0.05) is 42.5 Å². The van der Waals surface area contributed by atoms with Crippen molar-refractivity contribution in [3.63, 3.8) is 0 Å². The van der Waals surface area contributed by atoms with E-state index < -0.39 is 12.0 Å². The summed E-state index contributed by atoms with van der Waals surface area (Å²) in [6, 6.07) is 8.89. The van der Waals surface area contributed by atoms with E-state index in [4.69, 9.17) is 9.84 Å². The number of hydrogen-bond donors (Lipinski definition) is 3. The minimum atomic E-state index is -0.579. The highest BCUT2D eigenvalue weighted by molar-refractivity contribution is 5.86. The molecule has 0 spiro atoms. The van der Waals surface area contributed by atoms with E-state index in [2.05, 4.69) is 10.6 Å². The largest absolute Gasteiger partial charge is 0.456 e. The van der Waals surface area contributed by atoms with Crippen LogP contribution in [0.5, 0.6) is 0 Å². The van der Waals surface area contributed by atoms with Gasteiger partial charge in [0.1, 0.15) is 6.10 Å². The maximum Gasteiger partial charge on any atom is 0.306 e. The smallest absolute Gasteiger partial charge is 0.306 e. The van der Waals surface area contributed by atoms with Crippen molar-refractivity contribution in [2.24, 2.45) is 5.92 Å². The number of benzene rings is 1. The highest BCUT2D eigenvalue weighted by Crippen LogP contribution is 2.19. The minimum Gasteiger partial charge on any atom is -0.456 e. The monoisotopic (exact) mass is 388 g/mol. The molecule has 1 heterocycles. The van der Waals surface area contributed by atoms with Gasteiger partial charge in [0.2, 0.25) is 11.8 Å². The molecule has 0 saturated carbocycles. The fraction of sp³-hybridized carbons (Fsp3) is 0.476. The number of aliphatic hydroxyl groups is 1. The first-order valence-corrected chi connectivity index (χ1v) is 9.57. The van der Waals surface area contributed by atoms with Crippen LogP contribution >= 0.6 is 0 Å². The molecule has 7 nitrogen and oxygen atoms in total. The minimum absolute atomic E-state index is 0.0241. The van der Waals surface area contributed by atoms with Gasteiger partial charge in [-0.15, -0.1) is 0 Å². The quantitative estimate of drug-likeness (QED) is 0.525. The molecule has 2 rings (SSSR count). The SMILES string of the molecule is C[C@H](CO)NC(=O)C[C@H]1CC=CCCC(=O)O[C@H](c2ccccc2)CNC1=O. The fourth-order valence-electron chi connectivity index (χ4n) is 2.92. The molecule has 7 heteroatoms. The third-order valence-corrected chi connectivity index (χ3v) is 4.49. The zero-order chi connectivity index (χ0) is 20.4. The first-order valence-electron chi connectivity index (χ1n) is 9.57. The summed E-state index contributed by atoms with van der Waals surface area (Å²) in [5.74, 6) is -1.40. The maximum atomic E-state index is 12.7. The van der Waals surface area contributed by atoms with Crippen LogP contribution in [-0.2, 0) is 19.1 Å². The summed E-state index contributed by atoms with van der Waals surface area (Å²) in [6.45, 7) is 1.67. The van der Waals surface area contributed by atoms with Crippen molar-refractivity contribution in [3.8, 4) is 0 Å². The molecule has 0 radical (unpaired) electrons. The van der Waals surface area contributed by atoms with E-state index in [0.717, 1.165) is 5.56 Å². The molecular weight excluding hydrogens is 360 g/mol. The molecule has 152 valence electrons. The zero-order valence-corrected chi connectivity index (χ0v) is 16.1. The third kappa shape index (κ3) is 7.15. The summed E-state index contributed by atoms with van der Waals surface area (Å²) in [4.78, 5) is 36.9. The van der Waals surface area contributed by atoms with Crippen LogP contribution in [0.1, 0.15) is 44.3 Å². The van der Waals surface area contributed by atoms with Crippen molar-refractivity contribution in [1.29, 1.82) is 0 Å². The molecule has 3 atom stereocenters. The van der Waals surface area contributed by atoms with Gasteiger partial charge in [0.15, 0.2) is 0 Å². The standard InChI is InChI=1S/C21H28N2O5/c1-15(14-24)23-19(25)12-17-10-6-3-7-11-20(26)28-18(13-22-21(17)27)16-8-4-2-5-9-16/h2-6,8-9,15,17-18,24H,7,10-14H2,1H3,(H,22,27)(H,23,25)/t15-,17-,18+/m1/s1. The number of ether oxygens (including phenoxy) is 1. The number of carbonyl (C=O) groups excluding carboxylic acids is 3. The van der Waals surface area contributed by atoms with Gasteiger partial charge >= 0.3 is 5.97 Å². The number of carbonyl (C=O) groups is 3. The number of cyclic esters (lactones) is 1.